The second kappa shape index (κ2) is 8.56. The molecule has 0 spiro atoms. The fourth-order valence-electron chi connectivity index (χ4n) is 3.59. The van der Waals surface area contributed by atoms with Gasteiger partial charge in [0, 0.05) is 26.4 Å². The van der Waals surface area contributed by atoms with Gasteiger partial charge in [0.1, 0.15) is 12.6 Å². The van der Waals surface area contributed by atoms with Gasteiger partial charge in [0.2, 0.25) is 10.0 Å². The Morgan fingerprint density at radius 1 is 1.30 bits per heavy atom. The standard InChI is InChI=1S/C19H30N2O5S/c1-13(2)16-8-6-14(3)10-17(16)26-19(23)12-21-11-15(7-9-18(21)22)27(24,25)20(4)5/h7,9,11,13-14,16-17H,6,8,10,12H2,1-5H3/t14-,16+,17+/m1/s1. The third-order valence-corrected chi connectivity index (χ3v) is 7.08. The van der Waals surface area contributed by atoms with Crippen LogP contribution in [0.5, 0.6) is 0 Å². The van der Waals surface area contributed by atoms with Crippen molar-refractivity contribution in [3.63, 3.8) is 0 Å². The van der Waals surface area contributed by atoms with Gasteiger partial charge in [0.25, 0.3) is 5.56 Å². The Bertz CT molecular complexity index is 829. The summed E-state index contributed by atoms with van der Waals surface area (Å²) >= 11 is 0. The Morgan fingerprint density at radius 2 is 1.96 bits per heavy atom. The van der Waals surface area contributed by atoms with E-state index >= 15 is 0 Å². The van der Waals surface area contributed by atoms with E-state index in [1.807, 2.05) is 0 Å². The van der Waals surface area contributed by atoms with Crippen molar-refractivity contribution in [2.45, 2.75) is 57.6 Å². The summed E-state index contributed by atoms with van der Waals surface area (Å²) in [6.45, 7) is 6.10. The highest BCUT2D eigenvalue weighted by atomic mass is 32.2. The quantitative estimate of drug-likeness (QED) is 0.685. The number of pyridine rings is 1. The minimum Gasteiger partial charge on any atom is -0.461 e. The number of aromatic nitrogens is 1. The number of hydrogen-bond acceptors (Lipinski definition) is 5. The third-order valence-electron chi connectivity index (χ3n) is 5.28. The molecule has 1 saturated carbocycles. The predicted molar refractivity (Wildman–Crippen MR) is 103 cm³/mol. The van der Waals surface area contributed by atoms with Crippen LogP contribution in [0.3, 0.4) is 0 Å². The Labute approximate surface area is 161 Å². The Balaban J connectivity index is 2.16. The number of rotatable bonds is 6. The first-order valence-electron chi connectivity index (χ1n) is 9.35. The van der Waals surface area contributed by atoms with Crippen molar-refractivity contribution < 1.29 is 17.9 Å². The van der Waals surface area contributed by atoms with Crippen molar-refractivity contribution in [2.75, 3.05) is 14.1 Å². The van der Waals surface area contributed by atoms with Crippen LogP contribution in [0.2, 0.25) is 0 Å². The van der Waals surface area contributed by atoms with Crippen LogP contribution in [0.25, 0.3) is 0 Å². The van der Waals surface area contributed by atoms with E-state index in [4.69, 9.17) is 4.74 Å². The summed E-state index contributed by atoms with van der Waals surface area (Å²) in [6, 6.07) is 2.40. The largest absolute Gasteiger partial charge is 0.461 e. The molecule has 0 unspecified atom stereocenters. The fraction of sp³-hybridized carbons (Fsp3) is 0.684. The lowest BCUT2D eigenvalue weighted by Crippen LogP contribution is -2.37. The summed E-state index contributed by atoms with van der Waals surface area (Å²) in [4.78, 5) is 24.5. The van der Waals surface area contributed by atoms with Gasteiger partial charge < -0.3 is 9.30 Å². The molecule has 0 aliphatic heterocycles. The molecule has 0 bridgehead atoms. The molecule has 1 aromatic rings. The molecule has 0 radical (unpaired) electrons. The van der Waals surface area contributed by atoms with Crippen LogP contribution >= 0.6 is 0 Å². The molecule has 0 amide bonds. The van der Waals surface area contributed by atoms with Gasteiger partial charge in [-0.05, 0) is 36.7 Å². The first-order valence-corrected chi connectivity index (χ1v) is 10.8. The summed E-state index contributed by atoms with van der Waals surface area (Å²) < 4.78 is 32.4. The highest BCUT2D eigenvalue weighted by Crippen LogP contribution is 2.35. The summed E-state index contributed by atoms with van der Waals surface area (Å²) in [5, 5.41) is 0. The minimum atomic E-state index is -3.68. The van der Waals surface area contributed by atoms with Gasteiger partial charge in [-0.15, -0.1) is 0 Å². The van der Waals surface area contributed by atoms with E-state index in [1.165, 1.54) is 26.4 Å². The predicted octanol–water partition coefficient (Wildman–Crippen LogP) is 2.10. The number of hydrogen-bond donors (Lipinski definition) is 0. The van der Waals surface area contributed by atoms with Gasteiger partial charge in [-0.25, -0.2) is 12.7 Å². The van der Waals surface area contributed by atoms with Gasteiger partial charge in [-0.1, -0.05) is 27.2 Å². The molecule has 1 aromatic heterocycles. The molecule has 8 heteroatoms. The van der Waals surface area contributed by atoms with Gasteiger partial charge >= 0.3 is 5.97 Å². The zero-order valence-corrected chi connectivity index (χ0v) is 17.5. The molecule has 7 nitrogen and oxygen atoms in total. The molecule has 1 aliphatic carbocycles. The smallest absolute Gasteiger partial charge is 0.326 e. The van der Waals surface area contributed by atoms with Crippen molar-refractivity contribution >= 4 is 16.0 Å². The van der Waals surface area contributed by atoms with Crippen LogP contribution < -0.4 is 5.56 Å². The summed E-state index contributed by atoms with van der Waals surface area (Å²) in [6.07, 6.45) is 4.00. The minimum absolute atomic E-state index is 0.0359. The topological polar surface area (TPSA) is 85.7 Å². The molecule has 1 heterocycles. The van der Waals surface area contributed by atoms with E-state index in [1.54, 1.807) is 0 Å². The van der Waals surface area contributed by atoms with Gasteiger partial charge in [-0.2, -0.15) is 0 Å². The average molecular weight is 399 g/mol. The molecular weight excluding hydrogens is 368 g/mol. The number of esters is 1. The molecule has 1 fully saturated rings. The Hall–Kier alpha value is -1.67. The first-order chi connectivity index (χ1) is 12.5. The molecule has 0 saturated heterocycles. The lowest BCUT2D eigenvalue weighted by atomic mass is 9.75. The fourth-order valence-corrected chi connectivity index (χ4v) is 4.51. The van der Waals surface area contributed by atoms with Crippen LogP contribution in [0, 0.1) is 17.8 Å². The molecule has 27 heavy (non-hydrogen) atoms. The molecule has 2 rings (SSSR count). The number of ether oxygens (including phenoxy) is 1. The summed E-state index contributed by atoms with van der Waals surface area (Å²) in [5.41, 5.74) is -0.443. The molecule has 0 N–H and O–H groups in total. The first kappa shape index (κ1) is 21.6. The Kier molecular flexibility index (Phi) is 6.86. The van der Waals surface area contributed by atoms with E-state index in [2.05, 4.69) is 20.8 Å². The molecular formula is C19H30N2O5S. The SMILES string of the molecule is CC(C)[C@@H]1CC[C@@H](C)C[C@@H]1OC(=O)Cn1cc(S(=O)(=O)N(C)C)ccc1=O. The van der Waals surface area contributed by atoms with E-state index < -0.39 is 21.6 Å². The normalized spacial score (nSPS) is 23.6. The maximum Gasteiger partial charge on any atom is 0.326 e. The van der Waals surface area contributed by atoms with E-state index in [-0.39, 0.29) is 17.5 Å². The maximum absolute atomic E-state index is 12.5. The summed E-state index contributed by atoms with van der Waals surface area (Å²) in [5.74, 6) is 0.698. The molecule has 0 aromatic carbocycles. The van der Waals surface area contributed by atoms with Gasteiger partial charge in [0.15, 0.2) is 0 Å². The Morgan fingerprint density at radius 3 is 2.56 bits per heavy atom. The summed E-state index contributed by atoms with van der Waals surface area (Å²) in [7, 11) is -0.861. The van der Waals surface area contributed by atoms with Crippen molar-refractivity contribution in [3.8, 4) is 0 Å². The lowest BCUT2D eigenvalue weighted by Gasteiger charge is -2.36. The number of carbonyl (C=O) groups excluding carboxylic acids is 1. The van der Waals surface area contributed by atoms with Crippen LogP contribution in [0.4, 0.5) is 0 Å². The van der Waals surface area contributed by atoms with Crippen molar-refractivity contribution in [1.29, 1.82) is 0 Å². The number of nitrogens with zero attached hydrogens (tertiary/aromatic N) is 2. The van der Waals surface area contributed by atoms with E-state index in [0.29, 0.717) is 17.8 Å². The van der Waals surface area contributed by atoms with Crippen molar-refractivity contribution in [1.82, 2.24) is 8.87 Å². The second-order valence-corrected chi connectivity index (χ2v) is 10.1. The zero-order chi connectivity index (χ0) is 20.4. The number of sulfonamides is 1. The lowest BCUT2D eigenvalue weighted by molar-refractivity contribution is -0.156. The zero-order valence-electron chi connectivity index (χ0n) is 16.7. The number of carbonyl (C=O) groups is 1. The molecule has 152 valence electrons. The van der Waals surface area contributed by atoms with Crippen LogP contribution in [0.15, 0.2) is 28.0 Å². The monoisotopic (exact) mass is 398 g/mol. The van der Waals surface area contributed by atoms with Crippen molar-refractivity contribution in [2.24, 2.45) is 17.8 Å². The maximum atomic E-state index is 12.5. The van der Waals surface area contributed by atoms with Crippen LogP contribution in [0.1, 0.15) is 40.0 Å². The third kappa shape index (κ3) is 5.19. The van der Waals surface area contributed by atoms with E-state index in [0.717, 1.165) is 34.2 Å². The highest BCUT2D eigenvalue weighted by molar-refractivity contribution is 7.89. The van der Waals surface area contributed by atoms with Crippen LogP contribution in [-0.2, 0) is 26.1 Å². The molecule has 3 atom stereocenters. The molecule has 1 aliphatic rings. The second-order valence-electron chi connectivity index (χ2n) is 7.97. The van der Waals surface area contributed by atoms with Crippen molar-refractivity contribution in [3.05, 3.63) is 28.7 Å². The van der Waals surface area contributed by atoms with E-state index in [9.17, 15) is 18.0 Å². The van der Waals surface area contributed by atoms with Gasteiger partial charge in [-0.3, -0.25) is 9.59 Å². The van der Waals surface area contributed by atoms with Gasteiger partial charge in [0.05, 0.1) is 4.90 Å². The highest BCUT2D eigenvalue weighted by Gasteiger charge is 2.33. The van der Waals surface area contributed by atoms with Crippen LogP contribution in [-0.4, -0.2) is 43.5 Å². The average Bonchev–Trinajstić information content (AvgIpc) is 2.56.